The van der Waals surface area contributed by atoms with E-state index in [2.05, 4.69) is 22.0 Å². The van der Waals surface area contributed by atoms with E-state index in [-0.39, 0.29) is 0 Å². The van der Waals surface area contributed by atoms with Gasteiger partial charge in [0.15, 0.2) is 0 Å². The van der Waals surface area contributed by atoms with Crippen molar-refractivity contribution in [2.45, 2.75) is 45.3 Å². The minimum atomic E-state index is -1.03. The molecule has 1 aromatic heterocycles. The molecule has 2 heterocycles. The first kappa shape index (κ1) is 11.6. The number of nitrogens with zero attached hydrogens (tertiary/aromatic N) is 1. The van der Waals surface area contributed by atoms with Crippen LogP contribution in [0.5, 0.6) is 0 Å². The van der Waals surface area contributed by atoms with Crippen LogP contribution in [-0.4, -0.2) is 23.3 Å². The Morgan fingerprint density at radius 3 is 2.62 bits per heavy atom. The van der Waals surface area contributed by atoms with Crippen molar-refractivity contribution in [2.75, 3.05) is 13.1 Å². The fourth-order valence-corrected chi connectivity index (χ4v) is 2.48. The van der Waals surface area contributed by atoms with Crippen LogP contribution in [0.15, 0.2) is 12.1 Å². The quantitative estimate of drug-likeness (QED) is 0.817. The first-order valence-electron chi connectivity index (χ1n) is 6.13. The summed E-state index contributed by atoms with van der Waals surface area (Å²) in [5, 5.41) is 3.26. The third-order valence-corrected chi connectivity index (χ3v) is 3.59. The van der Waals surface area contributed by atoms with Gasteiger partial charge in [-0.2, -0.15) is 0 Å². The lowest BCUT2D eigenvalue weighted by Gasteiger charge is -2.25. The monoisotopic (exact) mass is 224 g/mol. The van der Waals surface area contributed by atoms with Crippen LogP contribution in [0.1, 0.15) is 30.7 Å². The van der Waals surface area contributed by atoms with Gasteiger partial charge in [0.25, 0.3) is 0 Å². The summed E-state index contributed by atoms with van der Waals surface area (Å²) in [4.78, 5) is 0. The highest BCUT2D eigenvalue weighted by Crippen LogP contribution is 2.27. The average molecular weight is 224 g/mol. The second-order valence-electron chi connectivity index (χ2n) is 4.96. The topological polar surface area (TPSA) is 17.0 Å². The summed E-state index contributed by atoms with van der Waals surface area (Å²) in [5.74, 6) is 0. The van der Waals surface area contributed by atoms with Gasteiger partial charge >= 0.3 is 0 Å². The van der Waals surface area contributed by atoms with Gasteiger partial charge in [-0.25, -0.2) is 4.39 Å². The van der Waals surface area contributed by atoms with E-state index >= 15 is 0 Å². The zero-order valence-electron chi connectivity index (χ0n) is 10.2. The number of aromatic nitrogens is 1. The summed E-state index contributed by atoms with van der Waals surface area (Å²) in [7, 11) is 0. The van der Waals surface area contributed by atoms with E-state index in [0.717, 1.165) is 30.9 Å². The molecular formula is C13H21FN2. The molecule has 0 aliphatic carbocycles. The minimum Gasteiger partial charge on any atom is -0.346 e. The molecule has 0 aromatic carbocycles. The molecule has 1 atom stereocenters. The first-order valence-corrected chi connectivity index (χ1v) is 6.13. The smallest absolute Gasteiger partial charge is 0.130 e. The van der Waals surface area contributed by atoms with Crippen LogP contribution in [0.25, 0.3) is 0 Å². The van der Waals surface area contributed by atoms with Crippen molar-refractivity contribution >= 4 is 0 Å². The SMILES string of the molecule is Cc1ccc(C)n1CC1(F)CCCNCC1. The zero-order valence-corrected chi connectivity index (χ0v) is 10.2. The predicted molar refractivity (Wildman–Crippen MR) is 64.5 cm³/mol. The van der Waals surface area contributed by atoms with E-state index in [1.807, 2.05) is 13.8 Å². The van der Waals surface area contributed by atoms with Gasteiger partial charge in [0.1, 0.15) is 5.67 Å². The van der Waals surface area contributed by atoms with Crippen LogP contribution in [-0.2, 0) is 6.54 Å². The standard InChI is InChI=1S/C13H21FN2/c1-11-4-5-12(2)16(11)10-13(14)6-3-8-15-9-7-13/h4-5,15H,3,6-10H2,1-2H3. The number of alkyl halides is 1. The molecule has 0 bridgehead atoms. The zero-order chi connectivity index (χ0) is 11.6. The maximum atomic E-state index is 14.7. The van der Waals surface area contributed by atoms with Crippen molar-refractivity contribution in [3.8, 4) is 0 Å². The second kappa shape index (κ2) is 4.58. The molecule has 1 saturated heterocycles. The van der Waals surface area contributed by atoms with Gasteiger partial charge in [0.05, 0.1) is 6.54 Å². The maximum absolute atomic E-state index is 14.7. The van der Waals surface area contributed by atoms with Gasteiger partial charge in [-0.05, 0) is 58.3 Å². The Morgan fingerprint density at radius 1 is 1.25 bits per heavy atom. The van der Waals surface area contributed by atoms with E-state index in [1.165, 1.54) is 0 Å². The van der Waals surface area contributed by atoms with Gasteiger partial charge in [0.2, 0.25) is 0 Å². The van der Waals surface area contributed by atoms with Crippen LogP contribution in [0, 0.1) is 13.8 Å². The number of aryl methyl sites for hydroxylation is 2. The Hall–Kier alpha value is -0.830. The normalized spacial score (nSPS) is 26.7. The third kappa shape index (κ3) is 2.46. The van der Waals surface area contributed by atoms with Crippen molar-refractivity contribution in [1.82, 2.24) is 9.88 Å². The third-order valence-electron chi connectivity index (χ3n) is 3.59. The molecule has 1 aliphatic heterocycles. The maximum Gasteiger partial charge on any atom is 0.130 e. The molecule has 0 amide bonds. The number of hydrogen-bond acceptors (Lipinski definition) is 1. The molecule has 90 valence electrons. The molecule has 0 radical (unpaired) electrons. The molecule has 0 spiro atoms. The summed E-state index contributed by atoms with van der Waals surface area (Å²) in [6.45, 7) is 6.36. The summed E-state index contributed by atoms with van der Waals surface area (Å²) in [6, 6.07) is 4.13. The molecule has 1 unspecified atom stereocenters. The molecule has 16 heavy (non-hydrogen) atoms. The first-order chi connectivity index (χ1) is 7.61. The highest BCUT2D eigenvalue weighted by Gasteiger charge is 2.31. The van der Waals surface area contributed by atoms with Gasteiger partial charge in [-0.15, -0.1) is 0 Å². The lowest BCUT2D eigenvalue weighted by atomic mass is 9.96. The molecular weight excluding hydrogens is 203 g/mol. The number of hydrogen-bond donors (Lipinski definition) is 1. The van der Waals surface area contributed by atoms with Crippen molar-refractivity contribution in [2.24, 2.45) is 0 Å². The average Bonchev–Trinajstić information content (AvgIpc) is 2.47. The molecule has 1 N–H and O–H groups in total. The van der Waals surface area contributed by atoms with Crippen LogP contribution in [0.2, 0.25) is 0 Å². The van der Waals surface area contributed by atoms with Crippen molar-refractivity contribution < 1.29 is 4.39 Å². The fraction of sp³-hybridized carbons (Fsp3) is 0.692. The molecule has 1 aromatic rings. The highest BCUT2D eigenvalue weighted by atomic mass is 19.1. The summed E-state index contributed by atoms with van der Waals surface area (Å²) < 4.78 is 16.8. The number of halogens is 1. The lowest BCUT2D eigenvalue weighted by molar-refractivity contribution is 0.118. The Morgan fingerprint density at radius 2 is 1.94 bits per heavy atom. The van der Waals surface area contributed by atoms with E-state index in [4.69, 9.17) is 0 Å². The largest absolute Gasteiger partial charge is 0.346 e. The van der Waals surface area contributed by atoms with E-state index in [0.29, 0.717) is 19.4 Å². The minimum absolute atomic E-state index is 0.513. The Bertz CT molecular complexity index is 329. The van der Waals surface area contributed by atoms with Crippen molar-refractivity contribution in [1.29, 1.82) is 0 Å². The van der Waals surface area contributed by atoms with Gasteiger partial charge in [-0.1, -0.05) is 0 Å². The van der Waals surface area contributed by atoms with Gasteiger partial charge < -0.3 is 9.88 Å². The highest BCUT2D eigenvalue weighted by molar-refractivity contribution is 5.14. The Kier molecular flexibility index (Phi) is 3.33. The van der Waals surface area contributed by atoms with Crippen LogP contribution < -0.4 is 5.32 Å². The fourth-order valence-electron chi connectivity index (χ4n) is 2.48. The Labute approximate surface area is 96.8 Å². The van der Waals surface area contributed by atoms with E-state index in [1.54, 1.807) is 0 Å². The second-order valence-corrected chi connectivity index (χ2v) is 4.96. The summed E-state index contributed by atoms with van der Waals surface area (Å²) in [5.41, 5.74) is 1.29. The molecule has 3 heteroatoms. The van der Waals surface area contributed by atoms with E-state index in [9.17, 15) is 4.39 Å². The number of nitrogens with one attached hydrogen (secondary N) is 1. The van der Waals surface area contributed by atoms with Crippen molar-refractivity contribution in [3.05, 3.63) is 23.5 Å². The van der Waals surface area contributed by atoms with Crippen molar-refractivity contribution in [3.63, 3.8) is 0 Å². The molecule has 2 rings (SSSR count). The Balaban J connectivity index is 2.12. The van der Waals surface area contributed by atoms with E-state index < -0.39 is 5.67 Å². The van der Waals surface area contributed by atoms with Gasteiger partial charge in [-0.3, -0.25) is 0 Å². The predicted octanol–water partition coefficient (Wildman–Crippen LogP) is 2.59. The van der Waals surface area contributed by atoms with Crippen LogP contribution in [0.3, 0.4) is 0 Å². The lowest BCUT2D eigenvalue weighted by Crippen LogP contribution is -2.31. The van der Waals surface area contributed by atoms with Crippen LogP contribution in [0.4, 0.5) is 4.39 Å². The number of rotatable bonds is 2. The molecule has 0 saturated carbocycles. The summed E-state index contributed by atoms with van der Waals surface area (Å²) >= 11 is 0. The molecule has 1 aliphatic rings. The molecule has 2 nitrogen and oxygen atoms in total. The van der Waals surface area contributed by atoms with Gasteiger partial charge in [0, 0.05) is 11.4 Å². The van der Waals surface area contributed by atoms with Crippen LogP contribution >= 0.6 is 0 Å². The molecule has 1 fully saturated rings. The summed E-state index contributed by atoms with van der Waals surface area (Å²) in [6.07, 6.45) is 2.25.